The average Bonchev–Trinajstić information content (AvgIpc) is 2.75. The summed E-state index contributed by atoms with van der Waals surface area (Å²) in [4.78, 5) is 14.7. The van der Waals surface area contributed by atoms with Crippen LogP contribution in [-0.2, 0) is 11.2 Å². The molecule has 3 rings (SSSR count). The molecule has 7 heteroatoms. The van der Waals surface area contributed by atoms with Crippen molar-refractivity contribution in [2.24, 2.45) is 5.92 Å². The Bertz CT molecular complexity index is 824. The highest BCUT2D eigenvalue weighted by atomic mass is 19.1. The molecule has 0 saturated carbocycles. The molecule has 1 aliphatic heterocycles. The minimum absolute atomic E-state index is 0.0822. The molecule has 162 valence electrons. The van der Waals surface area contributed by atoms with E-state index in [9.17, 15) is 9.18 Å². The summed E-state index contributed by atoms with van der Waals surface area (Å²) in [6.45, 7) is 2.07. The van der Waals surface area contributed by atoms with Crippen molar-refractivity contribution in [1.29, 1.82) is 0 Å². The van der Waals surface area contributed by atoms with Crippen molar-refractivity contribution < 1.29 is 23.4 Å². The Kier molecular flexibility index (Phi) is 7.52. The number of ether oxygens (including phenoxy) is 3. The lowest BCUT2D eigenvalue weighted by atomic mass is 9.90. The van der Waals surface area contributed by atoms with Crippen molar-refractivity contribution in [3.05, 3.63) is 47.8 Å². The van der Waals surface area contributed by atoms with Crippen LogP contribution in [0.15, 0.2) is 36.4 Å². The number of nitrogens with one attached hydrogen (secondary N) is 1. The fraction of sp³-hybridized carbons (Fsp3) is 0.435. The van der Waals surface area contributed by atoms with Gasteiger partial charge in [-0.15, -0.1) is 0 Å². The lowest BCUT2D eigenvalue weighted by Gasteiger charge is -2.31. The van der Waals surface area contributed by atoms with Crippen molar-refractivity contribution in [3.8, 4) is 17.2 Å². The number of carbonyl (C=O) groups excluding carboxylic acids is 1. The van der Waals surface area contributed by atoms with E-state index in [2.05, 4.69) is 10.2 Å². The second-order valence-electron chi connectivity index (χ2n) is 7.51. The van der Waals surface area contributed by atoms with Crippen molar-refractivity contribution in [1.82, 2.24) is 4.90 Å². The van der Waals surface area contributed by atoms with Gasteiger partial charge in [0.05, 0.1) is 27.9 Å². The monoisotopic (exact) mass is 416 g/mol. The smallest absolute Gasteiger partial charge is 0.238 e. The van der Waals surface area contributed by atoms with Crippen LogP contribution in [0.3, 0.4) is 0 Å². The average molecular weight is 416 g/mol. The molecule has 6 nitrogen and oxygen atoms in total. The van der Waals surface area contributed by atoms with Gasteiger partial charge in [0.15, 0.2) is 11.5 Å². The summed E-state index contributed by atoms with van der Waals surface area (Å²) < 4.78 is 29.0. The third-order valence-corrected chi connectivity index (χ3v) is 5.46. The number of halogens is 1. The molecule has 2 aromatic rings. The van der Waals surface area contributed by atoms with E-state index in [0.29, 0.717) is 35.4 Å². The van der Waals surface area contributed by atoms with Crippen LogP contribution in [0, 0.1) is 11.7 Å². The Morgan fingerprint density at radius 1 is 1.03 bits per heavy atom. The Labute approximate surface area is 176 Å². The summed E-state index contributed by atoms with van der Waals surface area (Å²) in [5, 5.41) is 2.91. The van der Waals surface area contributed by atoms with E-state index < -0.39 is 0 Å². The van der Waals surface area contributed by atoms with Gasteiger partial charge in [-0.3, -0.25) is 9.69 Å². The van der Waals surface area contributed by atoms with E-state index in [1.165, 1.54) is 12.1 Å². The van der Waals surface area contributed by atoms with Gasteiger partial charge in [-0.05, 0) is 56.0 Å². The zero-order valence-corrected chi connectivity index (χ0v) is 17.7. The Balaban J connectivity index is 1.51. The first-order chi connectivity index (χ1) is 14.5. The maximum Gasteiger partial charge on any atom is 0.238 e. The molecular weight excluding hydrogens is 387 g/mol. The van der Waals surface area contributed by atoms with Gasteiger partial charge >= 0.3 is 0 Å². The second-order valence-corrected chi connectivity index (χ2v) is 7.51. The lowest BCUT2D eigenvalue weighted by Crippen LogP contribution is -2.39. The largest absolute Gasteiger partial charge is 0.493 e. The summed E-state index contributed by atoms with van der Waals surface area (Å²) in [6, 6.07) is 10.2. The molecule has 0 radical (unpaired) electrons. The van der Waals surface area contributed by atoms with Gasteiger partial charge in [-0.1, -0.05) is 12.1 Å². The van der Waals surface area contributed by atoms with Gasteiger partial charge in [0, 0.05) is 17.8 Å². The minimum Gasteiger partial charge on any atom is -0.493 e. The van der Waals surface area contributed by atoms with Crippen LogP contribution in [0.1, 0.15) is 18.4 Å². The summed E-state index contributed by atoms with van der Waals surface area (Å²) in [5.74, 6) is 1.75. The molecule has 2 aromatic carbocycles. The summed E-state index contributed by atoms with van der Waals surface area (Å²) in [7, 11) is 4.62. The highest BCUT2D eigenvalue weighted by molar-refractivity contribution is 5.93. The molecule has 0 spiro atoms. The van der Waals surface area contributed by atoms with Crippen LogP contribution >= 0.6 is 0 Å². The molecule has 0 aromatic heterocycles. The van der Waals surface area contributed by atoms with Crippen LogP contribution in [0.2, 0.25) is 0 Å². The van der Waals surface area contributed by atoms with Gasteiger partial charge in [0.2, 0.25) is 11.7 Å². The van der Waals surface area contributed by atoms with Crippen molar-refractivity contribution in [3.63, 3.8) is 0 Å². The fourth-order valence-corrected chi connectivity index (χ4v) is 3.86. The predicted octanol–water partition coefficient (Wildman–Crippen LogP) is 3.74. The molecule has 0 aliphatic carbocycles. The van der Waals surface area contributed by atoms with E-state index in [1.807, 2.05) is 12.1 Å². The number of amides is 1. The van der Waals surface area contributed by atoms with Gasteiger partial charge in [-0.25, -0.2) is 4.39 Å². The second kappa shape index (κ2) is 10.3. The molecule has 1 saturated heterocycles. The number of anilines is 1. The SMILES string of the molecule is COc1cc(NC(=O)CN2CCC(Cc3ccc(F)cc3)CC2)cc(OC)c1OC. The molecule has 1 amide bonds. The molecule has 1 fully saturated rings. The first kappa shape index (κ1) is 21.9. The number of rotatable bonds is 8. The first-order valence-electron chi connectivity index (χ1n) is 10.1. The fourth-order valence-electron chi connectivity index (χ4n) is 3.86. The predicted molar refractivity (Wildman–Crippen MR) is 114 cm³/mol. The number of piperidine rings is 1. The number of hydrogen-bond acceptors (Lipinski definition) is 5. The maximum absolute atomic E-state index is 13.1. The quantitative estimate of drug-likeness (QED) is 0.710. The normalized spacial score (nSPS) is 14.9. The third-order valence-electron chi connectivity index (χ3n) is 5.46. The van der Waals surface area contributed by atoms with Crippen LogP contribution in [0.25, 0.3) is 0 Å². The highest BCUT2D eigenvalue weighted by Crippen LogP contribution is 2.39. The zero-order chi connectivity index (χ0) is 21.5. The van der Waals surface area contributed by atoms with E-state index in [-0.39, 0.29) is 11.7 Å². The number of methoxy groups -OCH3 is 3. The topological polar surface area (TPSA) is 60.0 Å². The van der Waals surface area contributed by atoms with Crippen LogP contribution < -0.4 is 19.5 Å². The molecule has 0 unspecified atom stereocenters. The first-order valence-corrected chi connectivity index (χ1v) is 10.1. The molecular formula is C23H29FN2O4. The standard InChI is InChI=1S/C23H29FN2O4/c1-28-20-13-19(14-21(29-2)23(20)30-3)25-22(27)15-26-10-8-17(9-11-26)12-16-4-6-18(24)7-5-16/h4-7,13-14,17H,8-12,15H2,1-3H3,(H,25,27). The molecule has 1 N–H and O–H groups in total. The summed E-state index contributed by atoms with van der Waals surface area (Å²) in [6.07, 6.45) is 3.00. The molecule has 1 aliphatic rings. The Hall–Kier alpha value is -2.80. The van der Waals surface area contributed by atoms with Crippen molar-refractivity contribution in [2.75, 3.05) is 46.3 Å². The van der Waals surface area contributed by atoms with Crippen LogP contribution in [0.4, 0.5) is 10.1 Å². The van der Waals surface area contributed by atoms with Crippen LogP contribution in [-0.4, -0.2) is 51.8 Å². The lowest BCUT2D eigenvalue weighted by molar-refractivity contribution is -0.117. The summed E-state index contributed by atoms with van der Waals surface area (Å²) in [5.41, 5.74) is 1.76. The number of likely N-dealkylation sites (tertiary alicyclic amines) is 1. The molecule has 0 bridgehead atoms. The van der Waals surface area contributed by atoms with Crippen molar-refractivity contribution >= 4 is 11.6 Å². The van der Waals surface area contributed by atoms with Gasteiger partial charge in [0.25, 0.3) is 0 Å². The molecule has 1 heterocycles. The van der Waals surface area contributed by atoms with E-state index in [4.69, 9.17) is 14.2 Å². The minimum atomic E-state index is -0.202. The van der Waals surface area contributed by atoms with Gasteiger partial charge in [-0.2, -0.15) is 0 Å². The Morgan fingerprint density at radius 2 is 1.63 bits per heavy atom. The van der Waals surface area contributed by atoms with E-state index >= 15 is 0 Å². The van der Waals surface area contributed by atoms with Gasteiger partial charge in [0.1, 0.15) is 5.82 Å². The molecule has 0 atom stereocenters. The number of hydrogen-bond donors (Lipinski definition) is 1. The highest BCUT2D eigenvalue weighted by Gasteiger charge is 2.22. The Morgan fingerprint density at radius 3 is 2.17 bits per heavy atom. The molecule has 30 heavy (non-hydrogen) atoms. The third kappa shape index (κ3) is 5.63. The van der Waals surface area contributed by atoms with E-state index in [1.54, 1.807) is 33.5 Å². The number of benzene rings is 2. The number of nitrogens with zero attached hydrogens (tertiary/aromatic N) is 1. The zero-order valence-electron chi connectivity index (χ0n) is 17.7. The summed E-state index contributed by atoms with van der Waals surface area (Å²) >= 11 is 0. The van der Waals surface area contributed by atoms with Gasteiger partial charge < -0.3 is 19.5 Å². The van der Waals surface area contributed by atoms with Crippen molar-refractivity contribution in [2.45, 2.75) is 19.3 Å². The maximum atomic E-state index is 13.1. The van der Waals surface area contributed by atoms with Crippen LogP contribution in [0.5, 0.6) is 17.2 Å². The van der Waals surface area contributed by atoms with E-state index in [0.717, 1.165) is 37.9 Å². The number of carbonyl (C=O) groups is 1.